The minimum atomic E-state index is -1.51. The topological polar surface area (TPSA) is 290 Å². The number of pyridine rings is 4. The minimum absolute atomic E-state index is 0. The molecular weight excluding hydrogens is 1110 g/mol. The van der Waals surface area contributed by atoms with Gasteiger partial charge in [-0.1, -0.05) is 7.43 Å². The Morgan fingerprint density at radius 1 is 0.743 bits per heavy atom. The molecule has 10 aromatic heterocycles. The van der Waals surface area contributed by atoms with Gasteiger partial charge in [0.1, 0.15) is 29.1 Å². The largest absolute Gasteiger partial charge is 1.00 e. The van der Waals surface area contributed by atoms with Crippen molar-refractivity contribution in [3.05, 3.63) is 163 Å². The number of nitrogens with one attached hydrogen (secondary N) is 1. The summed E-state index contributed by atoms with van der Waals surface area (Å²) in [4.78, 5) is 40.3. The van der Waals surface area contributed by atoms with E-state index < -0.39 is 23.6 Å². The number of carboxylic acids is 1. The summed E-state index contributed by atoms with van der Waals surface area (Å²) in [5, 5.41) is 46.9. The molecule has 27 heteroatoms. The SMILES string of the molecule is C.Cl.N#Cc1cc(C2CC2)cn2cc(Cc3nnc(C(=O)NCc4ncn5ccc(Br)c(F)c45)o3)nc12.N#Cc1cc(C2CC2)cn2cc(Cc3nnc(C(=O)[O-])o3)nc12.NCc1ncn2ccc(Br)c(F)c12.[Li+]. The Balaban J connectivity index is 0.000000176. The van der Waals surface area contributed by atoms with Crippen LogP contribution in [0.4, 0.5) is 8.78 Å². The summed E-state index contributed by atoms with van der Waals surface area (Å²) in [5.74, 6) is -2.30. The number of nitrogens with zero attached hydrogens (tertiary/aromatic N) is 14. The predicted molar refractivity (Wildman–Crippen MR) is 261 cm³/mol. The number of carbonyl (C=O) groups is 2. The molecule has 0 bridgehead atoms. The number of aromatic carboxylic acids is 1. The molecule has 2 fully saturated rings. The fourth-order valence-corrected chi connectivity index (χ4v) is 8.39. The molecule has 10 aromatic rings. The number of rotatable bonds is 11. The van der Waals surface area contributed by atoms with E-state index in [1.165, 1.54) is 10.7 Å². The van der Waals surface area contributed by atoms with E-state index in [4.69, 9.17) is 14.6 Å². The number of halogens is 5. The molecule has 2 saturated carbocycles. The molecule has 21 nitrogen and oxygen atoms in total. The first-order valence-electron chi connectivity index (χ1n) is 21.6. The van der Waals surface area contributed by atoms with Crippen LogP contribution >= 0.6 is 44.3 Å². The number of aromatic nitrogens is 12. The van der Waals surface area contributed by atoms with Gasteiger partial charge < -0.3 is 47.4 Å². The van der Waals surface area contributed by atoms with E-state index in [2.05, 4.69) is 89.6 Å². The maximum Gasteiger partial charge on any atom is 1.00 e. The second kappa shape index (κ2) is 22.8. The Morgan fingerprint density at radius 2 is 1.20 bits per heavy atom. The van der Waals surface area contributed by atoms with Crippen molar-refractivity contribution in [2.45, 2.75) is 70.9 Å². The third-order valence-electron chi connectivity index (χ3n) is 11.5. The zero-order valence-electron chi connectivity index (χ0n) is 38.0. The van der Waals surface area contributed by atoms with Gasteiger partial charge in [0.15, 0.2) is 22.9 Å². The first-order chi connectivity index (χ1) is 34.4. The van der Waals surface area contributed by atoms with Gasteiger partial charge in [-0.25, -0.2) is 28.7 Å². The van der Waals surface area contributed by atoms with E-state index in [1.807, 2.05) is 39.5 Å². The predicted octanol–water partition coefficient (Wildman–Crippen LogP) is 3.71. The fourth-order valence-electron chi connectivity index (χ4n) is 7.78. The normalized spacial score (nSPS) is 12.6. The van der Waals surface area contributed by atoms with E-state index in [0.29, 0.717) is 71.5 Å². The number of hydrogen-bond donors (Lipinski definition) is 2. The molecule has 0 unspecified atom stereocenters. The van der Waals surface area contributed by atoms with Gasteiger partial charge in [-0.2, -0.15) is 10.5 Å². The molecule has 3 N–H and O–H groups in total. The molecule has 2 aliphatic carbocycles. The first kappa shape index (κ1) is 54.4. The number of amides is 1. The molecule has 0 atom stereocenters. The van der Waals surface area contributed by atoms with Crippen LogP contribution in [0.1, 0.15) is 123 Å². The van der Waals surface area contributed by atoms with E-state index >= 15 is 0 Å². The molecule has 74 heavy (non-hydrogen) atoms. The average Bonchev–Trinajstić information content (AvgIpc) is 3.94. The molecule has 10 heterocycles. The average molecular weight is 1150 g/mol. The number of fused-ring (bicyclic) bond motifs is 4. The summed E-state index contributed by atoms with van der Waals surface area (Å²) in [6.45, 7) is 0.219. The summed E-state index contributed by atoms with van der Waals surface area (Å²) in [5.41, 5.74) is 12.7. The monoisotopic (exact) mass is 1140 g/mol. The summed E-state index contributed by atoms with van der Waals surface area (Å²) in [6, 6.07) is 11.4. The quantitative estimate of drug-likeness (QED) is 0.175. The van der Waals surface area contributed by atoms with Crippen LogP contribution in [-0.4, -0.2) is 69.8 Å². The van der Waals surface area contributed by atoms with Crippen molar-refractivity contribution in [3.8, 4) is 12.1 Å². The molecule has 0 saturated heterocycles. The van der Waals surface area contributed by atoms with Crippen molar-refractivity contribution in [2.24, 2.45) is 5.73 Å². The van der Waals surface area contributed by atoms with Crippen molar-refractivity contribution < 1.29 is 51.2 Å². The molecule has 1 amide bonds. The van der Waals surface area contributed by atoms with Gasteiger partial charge in [-0.3, -0.25) is 4.79 Å². The van der Waals surface area contributed by atoms with Crippen LogP contribution in [0.3, 0.4) is 0 Å². The van der Waals surface area contributed by atoms with Gasteiger partial charge in [-0.15, -0.1) is 32.8 Å². The zero-order chi connectivity index (χ0) is 49.5. The van der Waals surface area contributed by atoms with Crippen molar-refractivity contribution in [1.29, 1.82) is 10.5 Å². The maximum absolute atomic E-state index is 14.5. The van der Waals surface area contributed by atoms with E-state index in [1.54, 1.807) is 41.5 Å². The number of nitrogens with two attached hydrogens (primary N) is 1. The number of imidazole rings is 4. The van der Waals surface area contributed by atoms with Crippen LogP contribution in [0.5, 0.6) is 0 Å². The Labute approximate surface area is 452 Å². The molecule has 0 radical (unpaired) electrons. The van der Waals surface area contributed by atoms with E-state index in [-0.39, 0.29) is 93.6 Å². The van der Waals surface area contributed by atoms with Crippen molar-refractivity contribution in [2.75, 3.05) is 0 Å². The number of carbonyl (C=O) groups excluding carboxylic acids is 2. The standard InChI is InChI=1S/C23H16BrFN8O2.C15H11N5O3.C8H7BrFN3.CH4.ClH.Li/c24-16-3-4-32-11-28-17(20(32)19(16)25)8-27-22(34)23-31-30-18(35-23)6-15-10-33-9-14(12-1-2-12)5-13(7-26)21(33)29-15;16-5-9-3-10(8-1-2-8)6-20-7-11(17-13(9)20)4-12-18-19-14(23-12)15(21)22;9-5-1-2-13-4-12-6(3-11)8(13)7(5)10;;;/h3-5,9-12H,1-2,6,8H2,(H,27,34);3,6-8H,1-2,4H2,(H,21,22);1-2,4H,3,11H2;1H4;1H;/q;;;;;+1/p-1. The third kappa shape index (κ3) is 11.4. The molecule has 12 rings (SSSR count). The van der Waals surface area contributed by atoms with Gasteiger partial charge in [0.05, 0.1) is 74.9 Å². The Hall–Kier alpha value is -7.37. The van der Waals surface area contributed by atoms with Gasteiger partial charge in [0, 0.05) is 43.7 Å². The first-order valence-corrected chi connectivity index (χ1v) is 23.2. The van der Waals surface area contributed by atoms with Gasteiger partial charge in [0.2, 0.25) is 11.8 Å². The van der Waals surface area contributed by atoms with Crippen LogP contribution in [0.15, 0.2) is 91.9 Å². The molecule has 0 aliphatic heterocycles. The van der Waals surface area contributed by atoms with E-state index in [0.717, 1.165) is 36.8 Å². The van der Waals surface area contributed by atoms with Crippen LogP contribution in [0, 0.1) is 34.3 Å². The van der Waals surface area contributed by atoms with E-state index in [9.17, 15) is 34.0 Å². The van der Waals surface area contributed by atoms with Crippen LogP contribution < -0.4 is 35.0 Å². The van der Waals surface area contributed by atoms with Gasteiger partial charge in [0.25, 0.3) is 5.89 Å². The summed E-state index contributed by atoms with van der Waals surface area (Å²) < 4.78 is 46.0. The molecule has 0 spiro atoms. The van der Waals surface area contributed by atoms with Gasteiger partial charge in [-0.05, 0) is 105 Å². The molecule has 0 aromatic carbocycles. The summed E-state index contributed by atoms with van der Waals surface area (Å²) >= 11 is 6.26. The summed E-state index contributed by atoms with van der Waals surface area (Å²) in [7, 11) is 0. The number of nitriles is 2. The Morgan fingerprint density at radius 3 is 1.65 bits per heavy atom. The number of carboxylic acid groups (broad SMARTS) is 1. The third-order valence-corrected chi connectivity index (χ3v) is 12.7. The minimum Gasteiger partial charge on any atom is -0.540 e. The van der Waals surface area contributed by atoms with Crippen LogP contribution in [0.25, 0.3) is 22.3 Å². The van der Waals surface area contributed by atoms with Crippen LogP contribution in [-0.2, 0) is 25.9 Å². The Bertz CT molecular complexity index is 3810. The summed E-state index contributed by atoms with van der Waals surface area (Å²) in [6.07, 6.45) is 18.9. The van der Waals surface area contributed by atoms with Crippen molar-refractivity contribution >= 4 is 78.5 Å². The smallest absolute Gasteiger partial charge is 0.540 e. The second-order valence-corrected chi connectivity index (χ2v) is 18.2. The zero-order valence-corrected chi connectivity index (χ0v) is 42.0. The fraction of sp³-hybridized carbons (Fsp3) is 0.234. The van der Waals surface area contributed by atoms with Crippen LogP contribution in [0.2, 0.25) is 0 Å². The molecular formula is C47H38Br2ClF2LiN16O5. The molecule has 372 valence electrons. The number of hydrogen-bond acceptors (Lipinski definition) is 16. The Kier molecular flexibility index (Phi) is 16.8. The molecule has 2 aliphatic rings. The van der Waals surface area contributed by atoms with Crippen molar-refractivity contribution in [3.63, 3.8) is 0 Å². The van der Waals surface area contributed by atoms with Gasteiger partial charge >= 0.3 is 30.7 Å². The maximum atomic E-state index is 14.5. The second-order valence-electron chi connectivity index (χ2n) is 16.5. The van der Waals surface area contributed by atoms with Crippen molar-refractivity contribution in [1.82, 2.24) is 63.3 Å².